The Kier molecular flexibility index (Phi) is 6.63. The van der Waals surface area contributed by atoms with Crippen molar-refractivity contribution in [3.8, 4) is 5.75 Å². The van der Waals surface area contributed by atoms with Gasteiger partial charge < -0.3 is 9.30 Å². The predicted octanol–water partition coefficient (Wildman–Crippen LogP) is 4.61. The molecule has 0 aliphatic carbocycles. The van der Waals surface area contributed by atoms with Gasteiger partial charge in [-0.1, -0.05) is 24.9 Å². The van der Waals surface area contributed by atoms with Gasteiger partial charge in [0, 0.05) is 29.2 Å². The molecule has 0 aliphatic heterocycles. The maximum atomic E-state index is 6.15. The SMILES string of the molecule is CCCCn1c(C)c(C)s/c1=N\C(=N\C)c1cc(Cl)ccc1OC. The maximum absolute atomic E-state index is 6.15. The quantitative estimate of drug-likeness (QED) is 0.563. The van der Waals surface area contributed by atoms with E-state index in [1.165, 1.54) is 10.6 Å². The topological polar surface area (TPSA) is 38.9 Å². The normalized spacial score (nSPS) is 12.8. The summed E-state index contributed by atoms with van der Waals surface area (Å²) in [7, 11) is 3.38. The number of unbranched alkanes of at least 4 members (excludes halogenated alkanes) is 1. The molecule has 2 aromatic rings. The van der Waals surface area contributed by atoms with Crippen LogP contribution in [0.1, 0.15) is 35.9 Å². The van der Waals surface area contributed by atoms with Crippen LogP contribution in [0.5, 0.6) is 5.75 Å². The van der Waals surface area contributed by atoms with E-state index in [4.69, 9.17) is 21.3 Å². The number of hydrogen-bond acceptors (Lipinski definition) is 3. The lowest BCUT2D eigenvalue weighted by Gasteiger charge is -2.09. The Labute approximate surface area is 152 Å². The summed E-state index contributed by atoms with van der Waals surface area (Å²) in [6, 6.07) is 5.49. The van der Waals surface area contributed by atoms with E-state index >= 15 is 0 Å². The van der Waals surface area contributed by atoms with E-state index in [1.807, 2.05) is 12.1 Å². The Morgan fingerprint density at radius 1 is 1.33 bits per heavy atom. The third kappa shape index (κ3) is 4.08. The molecule has 1 aromatic heterocycles. The fraction of sp³-hybridized carbons (Fsp3) is 0.444. The lowest BCUT2D eigenvalue weighted by Crippen LogP contribution is -2.19. The van der Waals surface area contributed by atoms with Gasteiger partial charge in [-0.15, -0.1) is 11.3 Å². The summed E-state index contributed by atoms with van der Waals surface area (Å²) >= 11 is 7.84. The van der Waals surface area contributed by atoms with E-state index in [1.54, 1.807) is 31.6 Å². The molecular weight excluding hydrogens is 342 g/mol. The van der Waals surface area contributed by atoms with Gasteiger partial charge in [-0.25, -0.2) is 4.99 Å². The zero-order valence-corrected chi connectivity index (χ0v) is 16.5. The van der Waals surface area contributed by atoms with Crippen LogP contribution in [0.3, 0.4) is 0 Å². The predicted molar refractivity (Wildman–Crippen MR) is 103 cm³/mol. The van der Waals surface area contributed by atoms with Crippen LogP contribution in [0.25, 0.3) is 0 Å². The van der Waals surface area contributed by atoms with Crippen molar-refractivity contribution in [2.24, 2.45) is 9.98 Å². The Morgan fingerprint density at radius 2 is 2.08 bits per heavy atom. The first kappa shape index (κ1) is 18.7. The van der Waals surface area contributed by atoms with Crippen LogP contribution in [0.2, 0.25) is 5.02 Å². The Hall–Kier alpha value is -1.59. The number of hydrogen-bond donors (Lipinski definition) is 0. The summed E-state index contributed by atoms with van der Waals surface area (Å²) in [5, 5.41) is 0.638. The zero-order chi connectivity index (χ0) is 17.7. The van der Waals surface area contributed by atoms with Gasteiger partial charge in [0.1, 0.15) is 5.75 Å². The minimum absolute atomic E-state index is 0.626. The number of benzene rings is 1. The lowest BCUT2D eigenvalue weighted by molar-refractivity contribution is 0.414. The summed E-state index contributed by atoms with van der Waals surface area (Å²) in [6.45, 7) is 7.43. The molecule has 1 aromatic carbocycles. The molecule has 2 rings (SSSR count). The molecule has 130 valence electrons. The smallest absolute Gasteiger partial charge is 0.191 e. The van der Waals surface area contributed by atoms with Crippen molar-refractivity contribution in [2.45, 2.75) is 40.2 Å². The number of nitrogens with zero attached hydrogens (tertiary/aromatic N) is 3. The maximum Gasteiger partial charge on any atom is 0.191 e. The van der Waals surface area contributed by atoms with Crippen LogP contribution in [0.4, 0.5) is 0 Å². The second kappa shape index (κ2) is 8.49. The van der Waals surface area contributed by atoms with E-state index < -0.39 is 0 Å². The molecule has 0 N–H and O–H groups in total. The average Bonchev–Trinajstić information content (AvgIpc) is 2.84. The van der Waals surface area contributed by atoms with Crippen LogP contribution in [0.15, 0.2) is 28.2 Å². The highest BCUT2D eigenvalue weighted by Crippen LogP contribution is 2.24. The highest BCUT2D eigenvalue weighted by atomic mass is 35.5. The van der Waals surface area contributed by atoms with Gasteiger partial charge in [-0.05, 0) is 38.5 Å². The number of methoxy groups -OCH3 is 1. The van der Waals surface area contributed by atoms with Crippen LogP contribution in [0, 0.1) is 13.8 Å². The Morgan fingerprint density at radius 3 is 2.71 bits per heavy atom. The van der Waals surface area contributed by atoms with E-state index in [-0.39, 0.29) is 0 Å². The number of ether oxygens (including phenoxy) is 1. The highest BCUT2D eigenvalue weighted by Gasteiger charge is 2.12. The molecule has 0 fully saturated rings. The second-order valence-corrected chi connectivity index (χ2v) is 7.15. The number of thiazole rings is 1. The molecule has 0 radical (unpaired) electrons. The lowest BCUT2D eigenvalue weighted by atomic mass is 10.2. The Balaban J connectivity index is 2.57. The van der Waals surface area contributed by atoms with Gasteiger partial charge >= 0.3 is 0 Å². The van der Waals surface area contributed by atoms with Crippen molar-refractivity contribution >= 4 is 28.8 Å². The van der Waals surface area contributed by atoms with Crippen molar-refractivity contribution in [3.63, 3.8) is 0 Å². The molecule has 1 heterocycles. The van der Waals surface area contributed by atoms with Crippen LogP contribution in [-0.4, -0.2) is 24.6 Å². The van der Waals surface area contributed by atoms with Crippen LogP contribution >= 0.6 is 22.9 Å². The minimum Gasteiger partial charge on any atom is -0.496 e. The third-order valence-corrected chi connectivity index (χ3v) is 5.27. The first-order valence-corrected chi connectivity index (χ1v) is 9.23. The average molecular weight is 366 g/mol. The monoisotopic (exact) mass is 365 g/mol. The van der Waals surface area contributed by atoms with Gasteiger partial charge in [-0.3, -0.25) is 4.99 Å². The fourth-order valence-corrected chi connectivity index (χ4v) is 3.61. The number of aryl methyl sites for hydroxylation is 1. The Bertz CT molecular complexity index is 805. The van der Waals surface area contributed by atoms with Gasteiger partial charge in [0.25, 0.3) is 0 Å². The molecule has 0 saturated carbocycles. The van der Waals surface area contributed by atoms with Crippen molar-refractivity contribution in [1.82, 2.24) is 4.57 Å². The molecule has 6 heteroatoms. The largest absolute Gasteiger partial charge is 0.496 e. The summed E-state index contributed by atoms with van der Waals surface area (Å²) < 4.78 is 7.71. The molecule has 0 bridgehead atoms. The van der Waals surface area contributed by atoms with E-state index in [9.17, 15) is 0 Å². The van der Waals surface area contributed by atoms with Crippen LogP contribution < -0.4 is 9.54 Å². The van der Waals surface area contributed by atoms with E-state index in [0.29, 0.717) is 16.6 Å². The summed E-state index contributed by atoms with van der Waals surface area (Å²) in [4.78, 5) is 11.4. The van der Waals surface area contributed by atoms with Crippen molar-refractivity contribution < 1.29 is 4.74 Å². The molecule has 24 heavy (non-hydrogen) atoms. The molecule has 0 unspecified atom stereocenters. The highest BCUT2D eigenvalue weighted by molar-refractivity contribution is 7.09. The number of aliphatic imine (C=N–C) groups is 1. The van der Waals surface area contributed by atoms with Crippen LogP contribution in [-0.2, 0) is 6.54 Å². The number of amidine groups is 1. The minimum atomic E-state index is 0.626. The number of aromatic nitrogens is 1. The van der Waals surface area contributed by atoms with Gasteiger partial charge in [0.2, 0.25) is 0 Å². The zero-order valence-electron chi connectivity index (χ0n) is 14.9. The first-order chi connectivity index (χ1) is 11.5. The third-order valence-electron chi connectivity index (χ3n) is 3.94. The first-order valence-electron chi connectivity index (χ1n) is 8.04. The summed E-state index contributed by atoms with van der Waals surface area (Å²) in [6.07, 6.45) is 2.28. The summed E-state index contributed by atoms with van der Waals surface area (Å²) in [5.41, 5.74) is 2.07. The van der Waals surface area contributed by atoms with Gasteiger partial charge in [-0.2, -0.15) is 0 Å². The molecule has 0 amide bonds. The standard InChI is InChI=1S/C18H24ClN3OS/c1-6-7-10-22-12(2)13(3)24-18(22)21-17(20-4)15-11-14(19)8-9-16(15)23-5/h8-9,11H,6-7,10H2,1-5H3/b20-17+,21-18-. The number of rotatable bonds is 5. The number of halogens is 1. The van der Waals surface area contributed by atoms with Gasteiger partial charge in [0.15, 0.2) is 10.6 Å². The molecule has 4 nitrogen and oxygen atoms in total. The van der Waals surface area contributed by atoms with E-state index in [2.05, 4.69) is 30.3 Å². The molecule has 0 atom stereocenters. The fourth-order valence-electron chi connectivity index (χ4n) is 2.44. The van der Waals surface area contributed by atoms with Crippen molar-refractivity contribution in [1.29, 1.82) is 0 Å². The van der Waals surface area contributed by atoms with Gasteiger partial charge in [0.05, 0.1) is 12.7 Å². The molecule has 0 saturated heterocycles. The molecule has 0 spiro atoms. The molecular formula is C18H24ClN3OS. The van der Waals surface area contributed by atoms with E-state index in [0.717, 1.165) is 29.8 Å². The summed E-state index contributed by atoms with van der Waals surface area (Å²) in [5.74, 6) is 1.34. The van der Waals surface area contributed by atoms with Crippen molar-refractivity contribution in [2.75, 3.05) is 14.2 Å². The molecule has 0 aliphatic rings. The second-order valence-electron chi connectivity index (χ2n) is 5.54. The van der Waals surface area contributed by atoms with Crippen molar-refractivity contribution in [3.05, 3.63) is 44.2 Å².